The first-order valence-corrected chi connectivity index (χ1v) is 23.2. The van der Waals surface area contributed by atoms with Gasteiger partial charge in [-0.1, -0.05) is 12.1 Å². The van der Waals surface area contributed by atoms with Crippen LogP contribution in [0.2, 0.25) is 0 Å². The van der Waals surface area contributed by atoms with Crippen LogP contribution in [0.25, 0.3) is 22.2 Å². The molecule has 0 bridgehead atoms. The SMILES string of the molecule is CC1CCC(N2C(=O)c3ccc(N4CCN(CCOCCOc5ccc(-c6cnc7[nH]cc(C(=O)c8c(F)ccc(NS(=O)(=O)N9CC[C@@H](F)C9)c8F)c7c6)cc5)CC4)cc3C2=O)C(=O)N1. The lowest BCUT2D eigenvalue weighted by Gasteiger charge is -2.36. The Kier molecular flexibility index (Phi) is 12.6. The Morgan fingerprint density at radius 3 is 2.39 bits per heavy atom. The number of amides is 3. The van der Waals surface area contributed by atoms with Crippen molar-refractivity contribution < 1.29 is 50.2 Å². The molecule has 3 amide bonds. The molecule has 4 aliphatic rings. The number of H-pyrrole nitrogens is 1. The van der Waals surface area contributed by atoms with Crippen LogP contribution in [0.5, 0.6) is 5.75 Å². The molecule has 5 aromatic rings. The Bertz CT molecular complexity index is 2820. The fourth-order valence-electron chi connectivity index (χ4n) is 8.84. The molecular weight excluding hydrogens is 882 g/mol. The number of hydrogen-bond acceptors (Lipinski definition) is 11. The van der Waals surface area contributed by atoms with Gasteiger partial charge in [-0.2, -0.15) is 12.7 Å². The predicted octanol–water partition coefficient (Wildman–Crippen LogP) is 4.92. The Morgan fingerprint density at radius 2 is 1.65 bits per heavy atom. The maximum Gasteiger partial charge on any atom is 0.301 e. The van der Waals surface area contributed by atoms with E-state index in [1.165, 1.54) is 6.20 Å². The Hall–Kier alpha value is -6.35. The quantitative estimate of drug-likeness (QED) is 0.0736. The summed E-state index contributed by atoms with van der Waals surface area (Å²) in [5.41, 5.74) is 1.46. The number of piperazine rings is 1. The minimum atomic E-state index is -4.37. The van der Waals surface area contributed by atoms with Gasteiger partial charge in [0.05, 0.1) is 35.6 Å². The molecule has 3 aromatic carbocycles. The first-order chi connectivity index (χ1) is 31.8. The number of ether oxygens (including phenoxy) is 2. The minimum Gasteiger partial charge on any atom is -0.491 e. The number of imide groups is 1. The minimum absolute atomic E-state index is 0.00628. The summed E-state index contributed by atoms with van der Waals surface area (Å²) in [7, 11) is -4.37. The number of carbonyl (C=O) groups excluding carboxylic acids is 4. The van der Waals surface area contributed by atoms with Gasteiger partial charge in [0.15, 0.2) is 5.82 Å². The summed E-state index contributed by atoms with van der Waals surface area (Å²) >= 11 is 0. The molecule has 3 fully saturated rings. The van der Waals surface area contributed by atoms with Crippen molar-refractivity contribution in [2.24, 2.45) is 0 Å². The van der Waals surface area contributed by atoms with Crippen molar-refractivity contribution in [3.63, 3.8) is 0 Å². The van der Waals surface area contributed by atoms with Gasteiger partial charge in [-0.15, -0.1) is 0 Å². The molecular formula is C46H47F3N8O8S. The lowest BCUT2D eigenvalue weighted by Crippen LogP contribution is -2.54. The van der Waals surface area contributed by atoms with Crippen LogP contribution in [0.4, 0.5) is 24.5 Å². The van der Waals surface area contributed by atoms with E-state index in [0.29, 0.717) is 60.7 Å². The first kappa shape index (κ1) is 44.8. The molecule has 3 atom stereocenters. The fourth-order valence-corrected chi connectivity index (χ4v) is 10.1. The van der Waals surface area contributed by atoms with E-state index in [4.69, 9.17) is 9.47 Å². The zero-order valence-electron chi connectivity index (χ0n) is 35.9. The van der Waals surface area contributed by atoms with Crippen molar-refractivity contribution >= 4 is 56.1 Å². The fraction of sp³-hybridized carbons (Fsp3) is 0.370. The van der Waals surface area contributed by atoms with E-state index < -0.39 is 69.5 Å². The van der Waals surface area contributed by atoms with Gasteiger partial charge in [0.2, 0.25) is 11.7 Å². The monoisotopic (exact) mass is 928 g/mol. The van der Waals surface area contributed by atoms with Gasteiger partial charge in [-0.3, -0.25) is 33.7 Å². The number of nitrogens with zero attached hydrogens (tertiary/aromatic N) is 5. The summed E-state index contributed by atoms with van der Waals surface area (Å²) in [6.45, 7) is 6.33. The maximum atomic E-state index is 15.7. The normalized spacial score (nSPS) is 20.5. The second-order valence-electron chi connectivity index (χ2n) is 16.8. The van der Waals surface area contributed by atoms with Crippen molar-refractivity contribution in [1.82, 2.24) is 29.4 Å². The van der Waals surface area contributed by atoms with Crippen LogP contribution in [0, 0.1) is 11.6 Å². The molecule has 2 aromatic heterocycles. The van der Waals surface area contributed by atoms with Gasteiger partial charge in [-0.05, 0) is 80.3 Å². The molecule has 0 aliphatic carbocycles. The largest absolute Gasteiger partial charge is 0.491 e. The molecule has 20 heteroatoms. The van der Waals surface area contributed by atoms with E-state index in [9.17, 15) is 32.0 Å². The number of aromatic nitrogens is 2. The molecule has 66 heavy (non-hydrogen) atoms. The Morgan fingerprint density at radius 1 is 0.879 bits per heavy atom. The summed E-state index contributed by atoms with van der Waals surface area (Å²) in [5.74, 6) is -4.17. The van der Waals surface area contributed by atoms with Crippen LogP contribution in [-0.4, -0.2) is 140 Å². The molecule has 0 spiro atoms. The molecule has 4 aliphatic heterocycles. The summed E-state index contributed by atoms with van der Waals surface area (Å²) in [5, 5.41) is 3.14. The van der Waals surface area contributed by atoms with Crippen LogP contribution < -0.4 is 19.7 Å². The van der Waals surface area contributed by atoms with Crippen LogP contribution >= 0.6 is 0 Å². The maximum absolute atomic E-state index is 15.7. The van der Waals surface area contributed by atoms with Gasteiger partial charge < -0.3 is 24.7 Å². The highest BCUT2D eigenvalue weighted by atomic mass is 32.2. The number of piperidine rings is 1. The zero-order chi connectivity index (χ0) is 46.3. The topological polar surface area (TPSA) is 187 Å². The molecule has 6 heterocycles. The average Bonchev–Trinajstić information content (AvgIpc) is 4.02. The smallest absolute Gasteiger partial charge is 0.301 e. The number of nitrogens with one attached hydrogen (secondary N) is 3. The van der Waals surface area contributed by atoms with Crippen molar-refractivity contribution in [2.45, 2.75) is 44.4 Å². The standard InChI is InChI=1S/C46H47F3N8O8S/c1-27-2-11-39(44(59)52-27)57-45(60)33-8-5-31(23-35(33)46(57)61)55-16-14-54(15-17-55)18-19-64-20-21-65-32-6-3-28(4-7-32)29-22-34-36(25-51-43(34)50-24-29)42(58)40-37(48)9-10-38(41(40)49)53-66(62,63)56-13-12-30(47)26-56/h3-10,22-25,27,30,39,53H,2,11-21,26H2,1H3,(H,50,51)(H,52,59)/t27?,30-,39?/m1/s1. The van der Waals surface area contributed by atoms with E-state index in [1.807, 2.05) is 17.7 Å². The molecule has 0 radical (unpaired) electrons. The van der Waals surface area contributed by atoms with Crippen molar-refractivity contribution in [2.75, 3.05) is 75.3 Å². The summed E-state index contributed by atoms with van der Waals surface area (Å²) in [6, 6.07) is 15.0. The molecule has 9 rings (SSSR count). The number of anilines is 2. The van der Waals surface area contributed by atoms with Crippen molar-refractivity contribution in [3.8, 4) is 16.9 Å². The van der Waals surface area contributed by atoms with Gasteiger partial charge in [0.25, 0.3) is 11.8 Å². The summed E-state index contributed by atoms with van der Waals surface area (Å²) in [4.78, 5) is 65.6. The van der Waals surface area contributed by atoms with Gasteiger partial charge in [0.1, 0.15) is 36.0 Å². The molecule has 0 saturated carbocycles. The average molecular weight is 929 g/mol. The number of alkyl halides is 1. The summed E-state index contributed by atoms with van der Waals surface area (Å²) < 4.78 is 84.6. The highest BCUT2D eigenvalue weighted by Crippen LogP contribution is 2.33. The number of rotatable bonds is 15. The number of hydrogen-bond donors (Lipinski definition) is 3. The van der Waals surface area contributed by atoms with E-state index >= 15 is 8.78 Å². The number of ketones is 1. The second kappa shape index (κ2) is 18.5. The van der Waals surface area contributed by atoms with Crippen LogP contribution in [-0.2, 0) is 19.7 Å². The third kappa shape index (κ3) is 8.97. The predicted molar refractivity (Wildman–Crippen MR) is 237 cm³/mol. The third-order valence-electron chi connectivity index (χ3n) is 12.5. The lowest BCUT2D eigenvalue weighted by atomic mass is 10.00. The lowest BCUT2D eigenvalue weighted by molar-refractivity contribution is -0.127. The second-order valence-corrected chi connectivity index (χ2v) is 18.5. The summed E-state index contributed by atoms with van der Waals surface area (Å²) in [6.07, 6.45) is 2.65. The number of benzene rings is 3. The highest BCUT2D eigenvalue weighted by Gasteiger charge is 2.44. The van der Waals surface area contributed by atoms with Crippen molar-refractivity contribution in [1.29, 1.82) is 0 Å². The number of aromatic amines is 1. The highest BCUT2D eigenvalue weighted by molar-refractivity contribution is 7.90. The first-order valence-electron chi connectivity index (χ1n) is 21.8. The van der Waals surface area contributed by atoms with Crippen LogP contribution in [0.3, 0.4) is 0 Å². The van der Waals surface area contributed by atoms with Crippen LogP contribution in [0.15, 0.2) is 73.1 Å². The van der Waals surface area contributed by atoms with Crippen LogP contribution in [0.1, 0.15) is 62.8 Å². The molecule has 3 N–H and O–H groups in total. The number of halogens is 3. The van der Waals surface area contributed by atoms with E-state index in [2.05, 4.69) is 25.1 Å². The molecule has 2 unspecified atom stereocenters. The number of pyridine rings is 1. The zero-order valence-corrected chi connectivity index (χ0v) is 36.7. The molecule has 16 nitrogen and oxygen atoms in total. The Balaban J connectivity index is 0.734. The van der Waals surface area contributed by atoms with Gasteiger partial charge >= 0.3 is 10.2 Å². The van der Waals surface area contributed by atoms with Gasteiger partial charge in [-0.25, -0.2) is 18.2 Å². The Labute approximate surface area is 378 Å². The van der Waals surface area contributed by atoms with E-state index in [-0.39, 0.29) is 35.9 Å². The van der Waals surface area contributed by atoms with Crippen molar-refractivity contribution in [3.05, 3.63) is 107 Å². The number of carbonyl (C=O) groups is 4. The number of fused-ring (bicyclic) bond motifs is 2. The molecule has 346 valence electrons. The molecule has 3 saturated heterocycles. The van der Waals surface area contributed by atoms with E-state index in [0.717, 1.165) is 65.3 Å². The van der Waals surface area contributed by atoms with Gasteiger partial charge in [0, 0.05) is 86.4 Å². The van der Waals surface area contributed by atoms with E-state index in [1.54, 1.807) is 48.7 Å². The third-order valence-corrected chi connectivity index (χ3v) is 14.0.